The third kappa shape index (κ3) is 5.55. The Kier molecular flexibility index (Phi) is 7.32. The summed E-state index contributed by atoms with van der Waals surface area (Å²) in [5, 5.41) is 2.92. The number of pyridine rings is 1. The molecule has 9 heteroatoms. The highest BCUT2D eigenvalue weighted by Crippen LogP contribution is 2.36. The van der Waals surface area contributed by atoms with Gasteiger partial charge in [0.25, 0.3) is 0 Å². The van der Waals surface area contributed by atoms with Gasteiger partial charge in [-0.25, -0.2) is 13.4 Å². The number of aromatic nitrogens is 1. The molecule has 1 aliphatic rings. The molecule has 0 saturated carbocycles. The van der Waals surface area contributed by atoms with Gasteiger partial charge in [0.05, 0.1) is 12.1 Å². The van der Waals surface area contributed by atoms with E-state index in [9.17, 15) is 13.2 Å². The Morgan fingerprint density at radius 2 is 1.82 bits per heavy atom. The Morgan fingerprint density at radius 1 is 1.06 bits per heavy atom. The molecule has 3 aromatic rings. The van der Waals surface area contributed by atoms with Crippen LogP contribution in [0.1, 0.15) is 23.7 Å². The van der Waals surface area contributed by atoms with Crippen LogP contribution in [0.2, 0.25) is 0 Å². The molecule has 4 rings (SSSR count). The van der Waals surface area contributed by atoms with Crippen LogP contribution in [0.15, 0.2) is 82.8 Å². The van der Waals surface area contributed by atoms with Crippen LogP contribution >= 0.6 is 11.8 Å². The number of hydrogen-bond donors (Lipinski definition) is 1. The lowest BCUT2D eigenvalue weighted by Gasteiger charge is -2.18. The van der Waals surface area contributed by atoms with Crippen molar-refractivity contribution in [3.8, 4) is 5.75 Å². The summed E-state index contributed by atoms with van der Waals surface area (Å²) in [6, 6.07) is 19.8. The molecule has 1 fully saturated rings. The lowest BCUT2D eigenvalue weighted by molar-refractivity contribution is -0.115. The zero-order valence-corrected chi connectivity index (χ0v) is 19.8. The number of hydrogen-bond acceptors (Lipinski definition) is 6. The second-order valence-corrected chi connectivity index (χ2v) is 10.6. The maximum absolute atomic E-state index is 13.2. The minimum atomic E-state index is -3.53. The van der Waals surface area contributed by atoms with E-state index >= 15 is 0 Å². The summed E-state index contributed by atoms with van der Waals surface area (Å²) < 4.78 is 32.2. The molecular weight excluding hydrogens is 458 g/mol. The van der Waals surface area contributed by atoms with Crippen LogP contribution in [0, 0.1) is 0 Å². The molecule has 1 atom stereocenters. The van der Waals surface area contributed by atoms with E-state index in [1.165, 1.54) is 22.3 Å². The van der Waals surface area contributed by atoms with E-state index in [-0.39, 0.29) is 10.8 Å². The standard InChI is InChI=1S/C24H25N3O4S2/c1-31-20-11-7-10-19(16-20)26-24(28)23(18-8-3-2-4-9-18)32-22-13-12-21(17-25-22)33(29,30)27-14-5-6-15-27/h2-4,7-13,16-17,23H,5-6,14-15H2,1H3,(H,26,28)/t23-/m1/s1. The first-order chi connectivity index (χ1) is 16.0. The zero-order valence-electron chi connectivity index (χ0n) is 18.2. The van der Waals surface area contributed by atoms with Crippen molar-refractivity contribution in [2.45, 2.75) is 28.0 Å². The van der Waals surface area contributed by atoms with Gasteiger partial charge in [-0.2, -0.15) is 4.31 Å². The summed E-state index contributed by atoms with van der Waals surface area (Å²) in [6.07, 6.45) is 3.13. The topological polar surface area (TPSA) is 88.6 Å². The lowest BCUT2D eigenvalue weighted by atomic mass is 10.1. The Morgan fingerprint density at radius 3 is 2.48 bits per heavy atom. The van der Waals surface area contributed by atoms with Gasteiger partial charge in [0.15, 0.2) is 0 Å². The molecule has 0 aliphatic carbocycles. The maximum Gasteiger partial charge on any atom is 0.244 e. The number of carbonyl (C=O) groups excluding carboxylic acids is 1. The zero-order chi connectivity index (χ0) is 23.3. The summed E-state index contributed by atoms with van der Waals surface area (Å²) in [4.78, 5) is 17.7. The van der Waals surface area contributed by atoms with E-state index in [0.717, 1.165) is 18.4 Å². The van der Waals surface area contributed by atoms with Crippen LogP contribution in [-0.4, -0.2) is 43.8 Å². The highest BCUT2D eigenvalue weighted by molar-refractivity contribution is 8.00. The predicted molar refractivity (Wildman–Crippen MR) is 129 cm³/mol. The fraction of sp³-hybridized carbons (Fsp3) is 0.250. The van der Waals surface area contributed by atoms with Gasteiger partial charge in [-0.05, 0) is 42.7 Å². The molecule has 33 heavy (non-hydrogen) atoms. The second-order valence-electron chi connectivity index (χ2n) is 7.57. The van der Waals surface area contributed by atoms with Gasteiger partial charge in [0, 0.05) is 31.0 Å². The van der Waals surface area contributed by atoms with Crippen molar-refractivity contribution in [1.29, 1.82) is 0 Å². The van der Waals surface area contributed by atoms with Crippen molar-refractivity contribution in [3.05, 3.63) is 78.5 Å². The number of benzene rings is 2. The Bertz CT molecular complexity index is 1200. The van der Waals surface area contributed by atoms with Crippen molar-refractivity contribution >= 4 is 33.4 Å². The number of nitrogens with one attached hydrogen (secondary N) is 1. The molecule has 1 amide bonds. The van der Waals surface area contributed by atoms with E-state index in [4.69, 9.17) is 4.74 Å². The first-order valence-corrected chi connectivity index (χ1v) is 12.9. The van der Waals surface area contributed by atoms with Crippen molar-refractivity contribution in [2.24, 2.45) is 0 Å². The van der Waals surface area contributed by atoms with Gasteiger partial charge >= 0.3 is 0 Å². The number of rotatable bonds is 8. The second kappa shape index (κ2) is 10.4. The molecule has 0 bridgehead atoms. The summed E-state index contributed by atoms with van der Waals surface area (Å²) in [6.45, 7) is 1.08. The molecular formula is C24H25N3O4S2. The molecule has 0 radical (unpaired) electrons. The molecule has 0 spiro atoms. The Labute approximate surface area is 198 Å². The van der Waals surface area contributed by atoms with Gasteiger partial charge in [0.2, 0.25) is 15.9 Å². The summed E-state index contributed by atoms with van der Waals surface area (Å²) in [5.41, 5.74) is 1.44. The van der Waals surface area contributed by atoms with Crippen molar-refractivity contribution in [3.63, 3.8) is 0 Å². The lowest BCUT2D eigenvalue weighted by Crippen LogP contribution is -2.27. The fourth-order valence-corrected chi connectivity index (χ4v) is 6.02. The quantitative estimate of drug-likeness (QED) is 0.480. The molecule has 7 nitrogen and oxygen atoms in total. The minimum absolute atomic E-state index is 0.172. The highest BCUT2D eigenvalue weighted by Gasteiger charge is 2.28. The Hall–Kier alpha value is -2.88. The molecule has 0 unspecified atom stereocenters. The number of methoxy groups -OCH3 is 1. The number of sulfonamides is 1. The number of amides is 1. The van der Waals surface area contributed by atoms with Crippen LogP contribution < -0.4 is 10.1 Å². The van der Waals surface area contributed by atoms with Crippen molar-refractivity contribution in [2.75, 3.05) is 25.5 Å². The van der Waals surface area contributed by atoms with Crippen molar-refractivity contribution < 1.29 is 17.9 Å². The van der Waals surface area contributed by atoms with Crippen LogP contribution in [-0.2, 0) is 14.8 Å². The highest BCUT2D eigenvalue weighted by atomic mass is 32.2. The number of carbonyl (C=O) groups is 1. The third-order valence-corrected chi connectivity index (χ3v) is 8.42. The molecule has 2 heterocycles. The Balaban J connectivity index is 1.55. The first-order valence-electron chi connectivity index (χ1n) is 10.6. The normalized spacial score (nSPS) is 15.2. The van der Waals surface area contributed by atoms with E-state index in [1.807, 2.05) is 30.3 Å². The van der Waals surface area contributed by atoms with Gasteiger partial charge in [-0.3, -0.25) is 4.79 Å². The van der Waals surface area contributed by atoms with Gasteiger partial charge < -0.3 is 10.1 Å². The number of nitrogens with zero attached hydrogens (tertiary/aromatic N) is 2. The molecule has 172 valence electrons. The van der Waals surface area contributed by atoms with Crippen LogP contribution in [0.3, 0.4) is 0 Å². The predicted octanol–water partition coefficient (Wildman–Crippen LogP) is 4.35. The average molecular weight is 484 g/mol. The molecule has 1 aliphatic heterocycles. The largest absolute Gasteiger partial charge is 0.497 e. The monoisotopic (exact) mass is 483 g/mol. The van der Waals surface area contributed by atoms with E-state index in [1.54, 1.807) is 43.5 Å². The minimum Gasteiger partial charge on any atom is -0.497 e. The van der Waals surface area contributed by atoms with Crippen LogP contribution in [0.5, 0.6) is 5.75 Å². The first kappa shape index (κ1) is 23.3. The van der Waals surface area contributed by atoms with Crippen LogP contribution in [0.25, 0.3) is 0 Å². The number of thioether (sulfide) groups is 1. The maximum atomic E-state index is 13.2. The molecule has 1 saturated heterocycles. The molecule has 1 N–H and O–H groups in total. The van der Waals surface area contributed by atoms with E-state index < -0.39 is 15.3 Å². The number of anilines is 1. The SMILES string of the molecule is COc1cccc(NC(=O)[C@H](Sc2ccc(S(=O)(=O)N3CCCC3)cn2)c2ccccc2)c1. The molecule has 2 aromatic carbocycles. The average Bonchev–Trinajstić information content (AvgIpc) is 3.39. The number of ether oxygens (including phenoxy) is 1. The van der Waals surface area contributed by atoms with E-state index in [0.29, 0.717) is 29.6 Å². The van der Waals surface area contributed by atoms with Gasteiger partial charge in [-0.15, -0.1) is 0 Å². The fourth-order valence-electron chi connectivity index (χ4n) is 3.60. The van der Waals surface area contributed by atoms with Gasteiger partial charge in [0.1, 0.15) is 15.9 Å². The van der Waals surface area contributed by atoms with E-state index in [2.05, 4.69) is 10.3 Å². The van der Waals surface area contributed by atoms with Crippen molar-refractivity contribution in [1.82, 2.24) is 9.29 Å². The smallest absolute Gasteiger partial charge is 0.244 e. The van der Waals surface area contributed by atoms with Crippen LogP contribution in [0.4, 0.5) is 5.69 Å². The third-order valence-electron chi connectivity index (χ3n) is 5.33. The van der Waals surface area contributed by atoms with Gasteiger partial charge in [-0.1, -0.05) is 48.2 Å². The molecule has 1 aromatic heterocycles. The summed E-state index contributed by atoms with van der Waals surface area (Å²) in [5.74, 6) is 0.434. The summed E-state index contributed by atoms with van der Waals surface area (Å²) >= 11 is 1.27. The summed E-state index contributed by atoms with van der Waals surface area (Å²) in [7, 11) is -1.96.